The number of carbonyl (C=O) groups is 1. The molecular weight excluding hydrogens is 256 g/mol. The van der Waals surface area contributed by atoms with Crippen LogP contribution in [-0.2, 0) is 4.79 Å². The second kappa shape index (κ2) is 5.63. The summed E-state index contributed by atoms with van der Waals surface area (Å²) in [7, 11) is 0. The van der Waals surface area contributed by atoms with Gasteiger partial charge in [-0.15, -0.1) is 11.3 Å². The third-order valence-corrected chi connectivity index (χ3v) is 5.34. The van der Waals surface area contributed by atoms with Crippen molar-refractivity contribution in [1.29, 1.82) is 0 Å². The number of amides is 1. The molecule has 1 saturated heterocycles. The van der Waals surface area contributed by atoms with Gasteiger partial charge in [-0.3, -0.25) is 9.69 Å². The Balaban J connectivity index is 1.61. The number of carbonyl (C=O) groups excluding carboxylic acids is 1. The fourth-order valence-electron chi connectivity index (χ4n) is 2.96. The minimum absolute atomic E-state index is 0.258. The topological polar surface area (TPSA) is 32.3 Å². The van der Waals surface area contributed by atoms with Gasteiger partial charge in [0.2, 0.25) is 5.91 Å². The Kier molecular flexibility index (Phi) is 3.89. The SMILES string of the molecule is CC1CC1C(=O)NCC(c1cccs1)N1CCCC1. The summed E-state index contributed by atoms with van der Waals surface area (Å²) in [4.78, 5) is 15.9. The molecule has 1 aromatic rings. The maximum absolute atomic E-state index is 12.0. The van der Waals surface area contributed by atoms with E-state index in [1.807, 2.05) is 0 Å². The smallest absolute Gasteiger partial charge is 0.223 e. The first-order chi connectivity index (χ1) is 9.25. The molecule has 2 aliphatic rings. The van der Waals surface area contributed by atoms with Gasteiger partial charge in [0.05, 0.1) is 6.04 Å². The van der Waals surface area contributed by atoms with Crippen molar-refractivity contribution in [2.75, 3.05) is 19.6 Å². The van der Waals surface area contributed by atoms with Crippen LogP contribution in [0.25, 0.3) is 0 Å². The largest absolute Gasteiger partial charge is 0.354 e. The van der Waals surface area contributed by atoms with Crippen LogP contribution >= 0.6 is 11.3 Å². The average Bonchev–Trinajstić information content (AvgIpc) is 2.90. The number of likely N-dealkylation sites (tertiary alicyclic amines) is 1. The predicted molar refractivity (Wildman–Crippen MR) is 78.1 cm³/mol. The Hall–Kier alpha value is -0.870. The molecule has 0 aromatic carbocycles. The van der Waals surface area contributed by atoms with Crippen LogP contribution in [0.2, 0.25) is 0 Å². The summed E-state index contributed by atoms with van der Waals surface area (Å²) < 4.78 is 0. The van der Waals surface area contributed by atoms with E-state index in [0.29, 0.717) is 12.0 Å². The lowest BCUT2D eigenvalue weighted by molar-refractivity contribution is -0.122. The van der Waals surface area contributed by atoms with Gasteiger partial charge in [-0.05, 0) is 49.7 Å². The summed E-state index contributed by atoms with van der Waals surface area (Å²) in [6, 6.07) is 4.67. The molecule has 19 heavy (non-hydrogen) atoms. The van der Waals surface area contributed by atoms with Crippen molar-refractivity contribution >= 4 is 17.2 Å². The lowest BCUT2D eigenvalue weighted by atomic mass is 10.2. The first-order valence-corrected chi connectivity index (χ1v) is 8.19. The van der Waals surface area contributed by atoms with E-state index in [1.54, 1.807) is 11.3 Å². The van der Waals surface area contributed by atoms with Crippen LogP contribution in [0.4, 0.5) is 0 Å². The van der Waals surface area contributed by atoms with Crippen LogP contribution in [0.5, 0.6) is 0 Å². The van der Waals surface area contributed by atoms with Crippen LogP contribution in [-0.4, -0.2) is 30.4 Å². The van der Waals surface area contributed by atoms with Crippen molar-refractivity contribution in [3.05, 3.63) is 22.4 Å². The van der Waals surface area contributed by atoms with Gasteiger partial charge in [-0.25, -0.2) is 0 Å². The van der Waals surface area contributed by atoms with Gasteiger partial charge in [0.1, 0.15) is 0 Å². The van der Waals surface area contributed by atoms with Crippen molar-refractivity contribution in [2.45, 2.75) is 32.2 Å². The molecule has 1 N–H and O–H groups in total. The number of rotatable bonds is 5. The molecule has 1 amide bonds. The lowest BCUT2D eigenvalue weighted by Crippen LogP contribution is -2.37. The summed E-state index contributed by atoms with van der Waals surface area (Å²) in [5.74, 6) is 1.13. The summed E-state index contributed by atoms with van der Waals surface area (Å²) in [5, 5.41) is 5.29. The Labute approximate surface area is 119 Å². The standard InChI is InChI=1S/C15H22N2OS/c1-11-9-12(11)15(18)16-10-13(14-5-4-8-19-14)17-6-2-3-7-17/h4-5,8,11-13H,2-3,6-7,9-10H2,1H3,(H,16,18). The Bertz CT molecular complexity index is 425. The zero-order chi connectivity index (χ0) is 13.2. The molecule has 1 aliphatic carbocycles. The number of nitrogens with one attached hydrogen (secondary N) is 1. The molecule has 0 radical (unpaired) electrons. The Morgan fingerprint density at radius 2 is 2.26 bits per heavy atom. The molecule has 1 saturated carbocycles. The molecule has 1 aliphatic heterocycles. The maximum atomic E-state index is 12.0. The van der Waals surface area contributed by atoms with Gasteiger partial charge in [-0.1, -0.05) is 13.0 Å². The third kappa shape index (κ3) is 3.00. The summed E-state index contributed by atoms with van der Waals surface area (Å²) in [5.41, 5.74) is 0. The van der Waals surface area contributed by atoms with E-state index < -0.39 is 0 Å². The molecule has 104 valence electrons. The quantitative estimate of drug-likeness (QED) is 0.898. The highest BCUT2D eigenvalue weighted by atomic mass is 32.1. The van der Waals surface area contributed by atoms with E-state index in [-0.39, 0.29) is 11.8 Å². The molecule has 0 spiro atoms. The minimum atomic E-state index is 0.258. The van der Waals surface area contributed by atoms with Crippen LogP contribution < -0.4 is 5.32 Å². The second-order valence-corrected chi connectivity index (χ2v) is 6.82. The van der Waals surface area contributed by atoms with Gasteiger partial charge < -0.3 is 5.32 Å². The maximum Gasteiger partial charge on any atom is 0.223 e. The molecule has 0 bridgehead atoms. The highest BCUT2D eigenvalue weighted by Gasteiger charge is 2.39. The lowest BCUT2D eigenvalue weighted by Gasteiger charge is -2.27. The van der Waals surface area contributed by atoms with E-state index in [9.17, 15) is 4.79 Å². The predicted octanol–water partition coefficient (Wildman–Crippen LogP) is 2.66. The highest BCUT2D eigenvalue weighted by Crippen LogP contribution is 2.38. The van der Waals surface area contributed by atoms with E-state index in [1.165, 1.54) is 17.7 Å². The van der Waals surface area contributed by atoms with Gasteiger partial charge in [0.25, 0.3) is 0 Å². The van der Waals surface area contributed by atoms with Crippen molar-refractivity contribution in [2.24, 2.45) is 11.8 Å². The zero-order valence-electron chi connectivity index (χ0n) is 11.5. The molecular formula is C15H22N2OS. The van der Waals surface area contributed by atoms with Crippen LogP contribution in [0.1, 0.15) is 37.1 Å². The molecule has 1 aromatic heterocycles. The first kappa shape index (κ1) is 13.1. The van der Waals surface area contributed by atoms with Crippen molar-refractivity contribution in [3.63, 3.8) is 0 Å². The summed E-state index contributed by atoms with van der Waals surface area (Å²) >= 11 is 1.80. The molecule has 3 nitrogen and oxygen atoms in total. The molecule has 3 atom stereocenters. The summed E-state index contributed by atoms with van der Waals surface area (Å²) in [6.45, 7) is 5.25. The first-order valence-electron chi connectivity index (χ1n) is 7.31. The normalized spacial score (nSPS) is 28.3. The van der Waals surface area contributed by atoms with Crippen LogP contribution in [0, 0.1) is 11.8 Å². The fourth-order valence-corrected chi connectivity index (χ4v) is 3.82. The number of hydrogen-bond acceptors (Lipinski definition) is 3. The van der Waals surface area contributed by atoms with Gasteiger partial charge >= 0.3 is 0 Å². The summed E-state index contributed by atoms with van der Waals surface area (Å²) in [6.07, 6.45) is 3.64. The van der Waals surface area contributed by atoms with E-state index in [4.69, 9.17) is 0 Å². The van der Waals surface area contributed by atoms with E-state index >= 15 is 0 Å². The zero-order valence-corrected chi connectivity index (χ0v) is 12.3. The van der Waals surface area contributed by atoms with Crippen LogP contribution in [0.15, 0.2) is 17.5 Å². The number of hydrogen-bond donors (Lipinski definition) is 1. The number of nitrogens with zero attached hydrogens (tertiary/aromatic N) is 1. The monoisotopic (exact) mass is 278 g/mol. The Morgan fingerprint density at radius 1 is 1.53 bits per heavy atom. The van der Waals surface area contributed by atoms with E-state index in [2.05, 4.69) is 34.7 Å². The third-order valence-electron chi connectivity index (χ3n) is 4.37. The van der Waals surface area contributed by atoms with Gasteiger partial charge in [0, 0.05) is 17.3 Å². The molecule has 2 heterocycles. The minimum Gasteiger partial charge on any atom is -0.354 e. The number of thiophene rings is 1. The molecule has 3 rings (SSSR count). The van der Waals surface area contributed by atoms with E-state index in [0.717, 1.165) is 26.1 Å². The fraction of sp³-hybridized carbons (Fsp3) is 0.667. The van der Waals surface area contributed by atoms with Gasteiger partial charge in [0.15, 0.2) is 0 Å². The van der Waals surface area contributed by atoms with Crippen LogP contribution in [0.3, 0.4) is 0 Å². The molecule has 4 heteroatoms. The highest BCUT2D eigenvalue weighted by molar-refractivity contribution is 7.10. The van der Waals surface area contributed by atoms with Crippen molar-refractivity contribution < 1.29 is 4.79 Å². The Morgan fingerprint density at radius 3 is 2.84 bits per heavy atom. The van der Waals surface area contributed by atoms with Crippen molar-refractivity contribution in [1.82, 2.24) is 10.2 Å². The second-order valence-electron chi connectivity index (χ2n) is 5.84. The van der Waals surface area contributed by atoms with Crippen molar-refractivity contribution in [3.8, 4) is 0 Å². The molecule has 3 unspecified atom stereocenters. The average molecular weight is 278 g/mol. The molecule has 2 fully saturated rings. The van der Waals surface area contributed by atoms with Gasteiger partial charge in [-0.2, -0.15) is 0 Å².